The normalized spacial score (nSPS) is 22.0. The van der Waals surface area contributed by atoms with Crippen LogP contribution in [0, 0.1) is 17.8 Å². The number of hydrogen-bond acceptors (Lipinski definition) is 3. The van der Waals surface area contributed by atoms with Crippen molar-refractivity contribution in [1.82, 2.24) is 10.2 Å². The van der Waals surface area contributed by atoms with Gasteiger partial charge in [0, 0.05) is 19.5 Å². The lowest BCUT2D eigenvalue weighted by Gasteiger charge is -2.34. The molecule has 0 radical (unpaired) electrons. The van der Waals surface area contributed by atoms with Crippen molar-refractivity contribution in [2.24, 2.45) is 17.8 Å². The molecule has 4 nitrogen and oxygen atoms in total. The monoisotopic (exact) mass is 394 g/mol. The summed E-state index contributed by atoms with van der Waals surface area (Å²) in [5.74, 6) is 3.13. The smallest absolute Gasteiger partial charge is 0.222 e. The number of benzene rings is 1. The molecule has 0 saturated carbocycles. The van der Waals surface area contributed by atoms with E-state index in [9.17, 15) is 4.79 Å². The number of amides is 1. The number of halogens is 1. The largest absolute Gasteiger partial charge is 0.497 e. The molecule has 1 aromatic rings. The maximum atomic E-state index is 12.7. The Hall–Kier alpha value is -1.26. The second kappa shape index (κ2) is 10.9. The Kier molecular flexibility index (Phi) is 8.91. The third-order valence-corrected chi connectivity index (χ3v) is 6.29. The van der Waals surface area contributed by atoms with Gasteiger partial charge in [-0.05, 0) is 80.6 Å². The number of ether oxygens (including phenoxy) is 1. The van der Waals surface area contributed by atoms with E-state index in [1.54, 1.807) is 7.11 Å². The summed E-state index contributed by atoms with van der Waals surface area (Å²) in [6.07, 6.45) is 6.59. The fraction of sp³-hybridized carbons (Fsp3) is 0.682. The Morgan fingerprint density at radius 3 is 2.52 bits per heavy atom. The lowest BCUT2D eigenvalue weighted by molar-refractivity contribution is -0.133. The number of carbonyl (C=O) groups is 1. The first kappa shape index (κ1) is 22.0. The summed E-state index contributed by atoms with van der Waals surface area (Å²) in [6, 6.07) is 8.40. The van der Waals surface area contributed by atoms with E-state index in [0.29, 0.717) is 23.7 Å². The average molecular weight is 395 g/mol. The van der Waals surface area contributed by atoms with E-state index in [2.05, 4.69) is 29.3 Å². The minimum Gasteiger partial charge on any atom is -0.497 e. The maximum absolute atomic E-state index is 12.7. The average Bonchev–Trinajstić information content (AvgIpc) is 2.69. The van der Waals surface area contributed by atoms with E-state index in [-0.39, 0.29) is 12.4 Å². The van der Waals surface area contributed by atoms with Crippen molar-refractivity contribution in [1.29, 1.82) is 0 Å². The molecule has 0 aromatic heterocycles. The molecular formula is C22H35ClN2O2. The van der Waals surface area contributed by atoms with Gasteiger partial charge in [-0.15, -0.1) is 12.4 Å². The molecule has 1 aromatic carbocycles. The van der Waals surface area contributed by atoms with Crippen molar-refractivity contribution in [2.75, 3.05) is 33.3 Å². The Morgan fingerprint density at radius 1 is 1.22 bits per heavy atom. The van der Waals surface area contributed by atoms with Crippen molar-refractivity contribution >= 4 is 18.3 Å². The van der Waals surface area contributed by atoms with Gasteiger partial charge in [0.25, 0.3) is 0 Å². The summed E-state index contributed by atoms with van der Waals surface area (Å²) in [7, 11) is 1.70. The summed E-state index contributed by atoms with van der Waals surface area (Å²) in [4.78, 5) is 14.8. The van der Waals surface area contributed by atoms with Gasteiger partial charge in [-0.2, -0.15) is 0 Å². The van der Waals surface area contributed by atoms with Crippen molar-refractivity contribution in [3.05, 3.63) is 29.8 Å². The highest BCUT2D eigenvalue weighted by molar-refractivity contribution is 5.85. The summed E-state index contributed by atoms with van der Waals surface area (Å²) >= 11 is 0. The van der Waals surface area contributed by atoms with Gasteiger partial charge >= 0.3 is 0 Å². The lowest BCUT2D eigenvalue weighted by atomic mass is 9.84. The first-order valence-corrected chi connectivity index (χ1v) is 10.3. The first-order valence-electron chi connectivity index (χ1n) is 10.3. The summed E-state index contributed by atoms with van der Waals surface area (Å²) < 4.78 is 5.23. The van der Waals surface area contributed by atoms with Crippen LogP contribution in [0.1, 0.15) is 44.6 Å². The number of methoxy groups -OCH3 is 1. The van der Waals surface area contributed by atoms with Crippen molar-refractivity contribution in [2.45, 2.75) is 45.4 Å². The van der Waals surface area contributed by atoms with Crippen LogP contribution in [0.4, 0.5) is 0 Å². The van der Waals surface area contributed by atoms with E-state index in [0.717, 1.165) is 57.6 Å². The Balaban J connectivity index is 0.00000261. The zero-order valence-corrected chi connectivity index (χ0v) is 17.6. The van der Waals surface area contributed by atoms with Crippen LogP contribution in [0.5, 0.6) is 5.75 Å². The molecule has 1 amide bonds. The van der Waals surface area contributed by atoms with E-state index in [1.165, 1.54) is 18.4 Å². The molecule has 2 saturated heterocycles. The zero-order chi connectivity index (χ0) is 18.4. The molecule has 2 fully saturated rings. The summed E-state index contributed by atoms with van der Waals surface area (Å²) in [5, 5.41) is 3.47. The van der Waals surface area contributed by atoms with E-state index in [1.807, 2.05) is 12.1 Å². The minimum atomic E-state index is 0. The summed E-state index contributed by atoms with van der Waals surface area (Å²) in [5.41, 5.74) is 1.37. The van der Waals surface area contributed by atoms with E-state index < -0.39 is 0 Å². The number of rotatable bonds is 6. The highest BCUT2D eigenvalue weighted by Crippen LogP contribution is 2.26. The Morgan fingerprint density at radius 2 is 1.93 bits per heavy atom. The van der Waals surface area contributed by atoms with Crippen molar-refractivity contribution < 1.29 is 9.53 Å². The van der Waals surface area contributed by atoms with Crippen LogP contribution in [-0.2, 0) is 11.2 Å². The van der Waals surface area contributed by atoms with E-state index in [4.69, 9.17) is 4.74 Å². The number of carbonyl (C=O) groups excluding carboxylic acids is 1. The second-order valence-corrected chi connectivity index (χ2v) is 8.16. The molecule has 2 unspecified atom stereocenters. The van der Waals surface area contributed by atoms with Gasteiger partial charge < -0.3 is 15.0 Å². The van der Waals surface area contributed by atoms with Gasteiger partial charge in [0.1, 0.15) is 5.75 Å². The van der Waals surface area contributed by atoms with Crippen LogP contribution in [0.3, 0.4) is 0 Å². The standard InChI is InChI=1S/C22H34N2O2.ClH/c1-17(20-4-3-11-23-16-20)14-22(25)24-12-9-19(10-13-24)15-18-5-7-21(26-2)8-6-18;/h5-8,17,19-20,23H,3-4,9-16H2,1-2H3;1H. The van der Waals surface area contributed by atoms with Gasteiger partial charge in [-0.3, -0.25) is 4.79 Å². The van der Waals surface area contributed by atoms with Crippen LogP contribution >= 0.6 is 12.4 Å². The van der Waals surface area contributed by atoms with Gasteiger partial charge in [-0.25, -0.2) is 0 Å². The van der Waals surface area contributed by atoms with Crippen LogP contribution in [0.15, 0.2) is 24.3 Å². The Bertz CT molecular complexity index is 564. The van der Waals surface area contributed by atoms with Crippen molar-refractivity contribution in [3.63, 3.8) is 0 Å². The van der Waals surface area contributed by atoms with Gasteiger partial charge in [0.05, 0.1) is 7.11 Å². The SMILES string of the molecule is COc1ccc(CC2CCN(C(=O)CC(C)C3CCCNC3)CC2)cc1.Cl. The zero-order valence-electron chi connectivity index (χ0n) is 16.8. The first-order chi connectivity index (χ1) is 12.7. The highest BCUT2D eigenvalue weighted by atomic mass is 35.5. The van der Waals surface area contributed by atoms with Crippen molar-refractivity contribution in [3.8, 4) is 5.75 Å². The fourth-order valence-electron chi connectivity index (χ4n) is 4.42. The number of piperidine rings is 2. The molecule has 2 aliphatic heterocycles. The maximum Gasteiger partial charge on any atom is 0.222 e. The molecule has 2 aliphatic rings. The quantitative estimate of drug-likeness (QED) is 0.794. The topological polar surface area (TPSA) is 41.6 Å². The molecule has 0 aliphatic carbocycles. The predicted molar refractivity (Wildman–Crippen MR) is 113 cm³/mol. The van der Waals surface area contributed by atoms with Crippen LogP contribution in [-0.4, -0.2) is 44.1 Å². The molecule has 0 spiro atoms. The third kappa shape index (κ3) is 6.39. The predicted octanol–water partition coefficient (Wildman–Crippen LogP) is 3.92. The number of nitrogens with one attached hydrogen (secondary N) is 1. The second-order valence-electron chi connectivity index (χ2n) is 8.16. The highest BCUT2D eigenvalue weighted by Gasteiger charge is 2.27. The van der Waals surface area contributed by atoms with Crippen LogP contribution in [0.2, 0.25) is 0 Å². The molecule has 5 heteroatoms. The number of likely N-dealkylation sites (tertiary alicyclic amines) is 1. The molecule has 2 heterocycles. The van der Waals surface area contributed by atoms with Gasteiger partial charge in [-0.1, -0.05) is 19.1 Å². The number of nitrogens with zero attached hydrogens (tertiary/aromatic N) is 1. The molecule has 0 bridgehead atoms. The van der Waals surface area contributed by atoms with E-state index >= 15 is 0 Å². The van der Waals surface area contributed by atoms with Crippen LogP contribution < -0.4 is 10.1 Å². The molecule has 152 valence electrons. The molecule has 27 heavy (non-hydrogen) atoms. The molecular weight excluding hydrogens is 360 g/mol. The third-order valence-electron chi connectivity index (χ3n) is 6.29. The van der Waals surface area contributed by atoms with Gasteiger partial charge in [0.15, 0.2) is 0 Å². The Labute approximate surface area is 170 Å². The lowest BCUT2D eigenvalue weighted by Crippen LogP contribution is -2.41. The fourth-order valence-corrected chi connectivity index (χ4v) is 4.42. The van der Waals surface area contributed by atoms with Gasteiger partial charge in [0.2, 0.25) is 5.91 Å². The number of hydrogen-bond donors (Lipinski definition) is 1. The molecule has 3 rings (SSSR count). The minimum absolute atomic E-state index is 0. The molecule has 1 N–H and O–H groups in total. The summed E-state index contributed by atoms with van der Waals surface area (Å²) in [6.45, 7) is 6.33. The molecule has 2 atom stereocenters. The van der Waals surface area contributed by atoms with Crippen LogP contribution in [0.25, 0.3) is 0 Å².